The van der Waals surface area contributed by atoms with Crippen molar-refractivity contribution in [2.75, 3.05) is 37.6 Å². The molecule has 8 heteroatoms. The molecule has 170 valence electrons. The molecule has 0 bridgehead atoms. The summed E-state index contributed by atoms with van der Waals surface area (Å²) in [5.41, 5.74) is 3.42. The predicted molar refractivity (Wildman–Crippen MR) is 119 cm³/mol. The van der Waals surface area contributed by atoms with Crippen molar-refractivity contribution in [1.82, 2.24) is 14.8 Å². The number of nitrogens with zero attached hydrogens (tertiary/aromatic N) is 4. The molecule has 0 radical (unpaired) electrons. The first-order chi connectivity index (χ1) is 15.1. The number of piperazine rings is 1. The van der Waals surface area contributed by atoms with Crippen molar-refractivity contribution >= 4 is 17.7 Å². The Kier molecular flexibility index (Phi) is 5.90. The summed E-state index contributed by atoms with van der Waals surface area (Å²) in [6.45, 7) is 8.30. The van der Waals surface area contributed by atoms with Crippen molar-refractivity contribution in [3.05, 3.63) is 59.2 Å². The highest BCUT2D eigenvalue weighted by Gasteiger charge is 2.40. The van der Waals surface area contributed by atoms with Crippen LogP contribution in [0.5, 0.6) is 0 Å². The van der Waals surface area contributed by atoms with Gasteiger partial charge in [-0.2, -0.15) is 0 Å². The maximum atomic E-state index is 13.3. The van der Waals surface area contributed by atoms with Gasteiger partial charge in [-0.3, -0.25) is 14.7 Å². The third kappa shape index (κ3) is 4.46. The number of rotatable bonds is 4. The van der Waals surface area contributed by atoms with Crippen LogP contribution in [0.25, 0.3) is 0 Å². The van der Waals surface area contributed by atoms with Gasteiger partial charge in [0.1, 0.15) is 5.82 Å². The van der Waals surface area contributed by atoms with Crippen LogP contribution in [-0.2, 0) is 16.6 Å². The number of pyridine rings is 1. The lowest BCUT2D eigenvalue weighted by molar-refractivity contribution is -0.120. The number of amides is 2. The van der Waals surface area contributed by atoms with E-state index in [2.05, 4.69) is 13.8 Å². The molecule has 1 aromatic heterocycles. The van der Waals surface area contributed by atoms with E-state index in [9.17, 15) is 19.1 Å². The maximum Gasteiger partial charge on any atom is 0.407 e. The van der Waals surface area contributed by atoms with E-state index in [-0.39, 0.29) is 29.7 Å². The highest BCUT2D eigenvalue weighted by atomic mass is 19.1. The summed E-state index contributed by atoms with van der Waals surface area (Å²) >= 11 is 0. The van der Waals surface area contributed by atoms with E-state index in [0.717, 1.165) is 22.5 Å². The second-order valence-corrected chi connectivity index (χ2v) is 9.44. The fourth-order valence-corrected chi connectivity index (χ4v) is 4.67. The number of carboxylic acid groups (broad SMARTS) is 1. The monoisotopic (exact) mass is 440 g/mol. The number of hydrogen-bond acceptors (Lipinski definition) is 4. The molecule has 2 aliphatic rings. The molecule has 2 aliphatic heterocycles. The van der Waals surface area contributed by atoms with Crippen molar-refractivity contribution in [2.24, 2.45) is 0 Å². The molecule has 0 spiro atoms. The molecular formula is C24H29FN4O3. The van der Waals surface area contributed by atoms with Crippen LogP contribution >= 0.6 is 0 Å². The van der Waals surface area contributed by atoms with Crippen molar-refractivity contribution in [2.45, 2.75) is 38.6 Å². The summed E-state index contributed by atoms with van der Waals surface area (Å²) in [7, 11) is 0. The number of carbonyl (C=O) groups is 2. The van der Waals surface area contributed by atoms with Crippen molar-refractivity contribution in [3.63, 3.8) is 0 Å². The van der Waals surface area contributed by atoms with Crippen LogP contribution in [-0.4, -0.2) is 70.7 Å². The Balaban J connectivity index is 1.50. The molecule has 1 saturated heterocycles. The van der Waals surface area contributed by atoms with Gasteiger partial charge in [0.25, 0.3) is 0 Å². The number of halogens is 1. The van der Waals surface area contributed by atoms with Gasteiger partial charge in [0, 0.05) is 43.8 Å². The molecule has 0 aliphatic carbocycles. The third-order valence-electron chi connectivity index (χ3n) is 6.35. The molecule has 2 aromatic rings. The van der Waals surface area contributed by atoms with Gasteiger partial charge in [-0.25, -0.2) is 9.18 Å². The van der Waals surface area contributed by atoms with Crippen LogP contribution in [0, 0.1) is 5.82 Å². The maximum absolute atomic E-state index is 13.3. The van der Waals surface area contributed by atoms with E-state index < -0.39 is 6.09 Å². The number of aromatic nitrogens is 1. The molecule has 1 atom stereocenters. The first kappa shape index (κ1) is 22.2. The highest BCUT2D eigenvalue weighted by molar-refractivity contribution is 5.97. The molecule has 4 rings (SSSR count). The summed E-state index contributed by atoms with van der Waals surface area (Å²) < 4.78 is 13.2. The number of carbonyl (C=O) groups excluding carboxylic acids is 1. The molecule has 2 amide bonds. The smallest absolute Gasteiger partial charge is 0.407 e. The van der Waals surface area contributed by atoms with Gasteiger partial charge < -0.3 is 14.9 Å². The summed E-state index contributed by atoms with van der Waals surface area (Å²) in [6.07, 6.45) is 1.53. The Morgan fingerprint density at radius 1 is 1.19 bits per heavy atom. The standard InChI is InChI=1S/C24H29FN4O3/c1-16-13-27(8-9-28(16)23(31)32)14-21(30)29-15-24(2,3)22-20(29)11-18(12-26-22)10-17-4-6-19(25)7-5-17/h4-7,11-12,16H,8-10,13-15H2,1-3H3,(H,31,32). The van der Waals surface area contributed by atoms with Gasteiger partial charge in [-0.05, 0) is 42.7 Å². The zero-order valence-electron chi connectivity index (χ0n) is 18.7. The highest BCUT2D eigenvalue weighted by Crippen LogP contribution is 2.39. The van der Waals surface area contributed by atoms with Crippen LogP contribution < -0.4 is 4.90 Å². The van der Waals surface area contributed by atoms with Gasteiger partial charge in [0.15, 0.2) is 0 Å². The second-order valence-electron chi connectivity index (χ2n) is 9.44. The zero-order valence-corrected chi connectivity index (χ0v) is 18.7. The minimum absolute atomic E-state index is 0.00599. The van der Waals surface area contributed by atoms with Gasteiger partial charge in [0.2, 0.25) is 5.91 Å². The van der Waals surface area contributed by atoms with Crippen LogP contribution in [0.3, 0.4) is 0 Å². The molecule has 32 heavy (non-hydrogen) atoms. The normalized spacial score (nSPS) is 20.3. The van der Waals surface area contributed by atoms with Crippen molar-refractivity contribution in [3.8, 4) is 0 Å². The Morgan fingerprint density at radius 2 is 1.91 bits per heavy atom. The number of hydrogen-bond donors (Lipinski definition) is 1. The Bertz CT molecular complexity index is 1020. The first-order valence-electron chi connectivity index (χ1n) is 10.9. The van der Waals surface area contributed by atoms with E-state index in [1.807, 2.05) is 29.0 Å². The van der Waals surface area contributed by atoms with Crippen LogP contribution in [0.2, 0.25) is 0 Å². The molecule has 1 N–H and O–H groups in total. The summed E-state index contributed by atoms with van der Waals surface area (Å²) in [6, 6.07) is 8.27. The van der Waals surface area contributed by atoms with Crippen LogP contribution in [0.4, 0.5) is 14.9 Å². The summed E-state index contributed by atoms with van der Waals surface area (Å²) in [4.78, 5) is 34.5. The van der Waals surface area contributed by atoms with Gasteiger partial charge >= 0.3 is 6.09 Å². The molecular weight excluding hydrogens is 411 g/mol. The SMILES string of the molecule is CC1CN(CC(=O)N2CC(C)(C)c3ncc(Cc4ccc(F)cc4)cc32)CCN1C(=O)O. The molecule has 3 heterocycles. The fourth-order valence-electron chi connectivity index (χ4n) is 4.67. The van der Waals surface area contributed by atoms with Crippen molar-refractivity contribution in [1.29, 1.82) is 0 Å². The van der Waals surface area contributed by atoms with E-state index in [0.29, 0.717) is 32.6 Å². The van der Waals surface area contributed by atoms with E-state index in [1.165, 1.54) is 17.0 Å². The fraction of sp³-hybridized carbons (Fsp3) is 0.458. The lowest BCUT2D eigenvalue weighted by Gasteiger charge is -2.38. The Hall–Kier alpha value is -3.00. The molecule has 1 unspecified atom stereocenters. The van der Waals surface area contributed by atoms with Gasteiger partial charge in [-0.1, -0.05) is 26.0 Å². The average Bonchev–Trinajstić information content (AvgIpc) is 3.00. The zero-order chi connectivity index (χ0) is 23.0. The largest absolute Gasteiger partial charge is 0.465 e. The van der Waals surface area contributed by atoms with E-state index in [1.54, 1.807) is 12.1 Å². The lowest BCUT2D eigenvalue weighted by Crippen LogP contribution is -2.55. The summed E-state index contributed by atoms with van der Waals surface area (Å²) in [5.74, 6) is -0.272. The van der Waals surface area contributed by atoms with E-state index in [4.69, 9.17) is 4.98 Å². The third-order valence-corrected chi connectivity index (χ3v) is 6.35. The van der Waals surface area contributed by atoms with E-state index >= 15 is 0 Å². The molecule has 1 aromatic carbocycles. The van der Waals surface area contributed by atoms with Crippen molar-refractivity contribution < 1.29 is 19.1 Å². The quantitative estimate of drug-likeness (QED) is 0.791. The first-order valence-corrected chi connectivity index (χ1v) is 10.9. The number of benzene rings is 1. The predicted octanol–water partition coefficient (Wildman–Crippen LogP) is 3.12. The Morgan fingerprint density at radius 3 is 2.56 bits per heavy atom. The molecule has 1 fully saturated rings. The number of anilines is 1. The summed E-state index contributed by atoms with van der Waals surface area (Å²) in [5, 5.41) is 9.27. The molecule has 0 saturated carbocycles. The second kappa shape index (κ2) is 8.50. The van der Waals surface area contributed by atoms with Gasteiger partial charge in [-0.15, -0.1) is 0 Å². The number of fused-ring (bicyclic) bond motifs is 1. The lowest BCUT2D eigenvalue weighted by atomic mass is 9.91. The molecule has 7 nitrogen and oxygen atoms in total. The topological polar surface area (TPSA) is 77.0 Å². The van der Waals surface area contributed by atoms with Crippen LogP contribution in [0.1, 0.15) is 37.6 Å². The minimum atomic E-state index is -0.918. The van der Waals surface area contributed by atoms with Crippen LogP contribution in [0.15, 0.2) is 36.5 Å². The van der Waals surface area contributed by atoms with Gasteiger partial charge in [0.05, 0.1) is 17.9 Å². The average molecular weight is 441 g/mol. The Labute approximate surface area is 187 Å². The minimum Gasteiger partial charge on any atom is -0.465 e.